The van der Waals surface area contributed by atoms with Gasteiger partial charge in [0.1, 0.15) is 104 Å². The smallest absolute Gasteiger partial charge is 0.187 e. The van der Waals surface area contributed by atoms with Crippen molar-refractivity contribution >= 4 is 0 Å². The summed E-state index contributed by atoms with van der Waals surface area (Å²) in [4.78, 5) is 0. The molecule has 0 aromatic heterocycles. The summed E-state index contributed by atoms with van der Waals surface area (Å²) in [5, 5.41) is 146. The summed E-state index contributed by atoms with van der Waals surface area (Å²) in [5.74, 6) is 0. The van der Waals surface area contributed by atoms with Crippen molar-refractivity contribution < 1.29 is 114 Å². The maximum atomic E-state index is 11.2. The minimum absolute atomic E-state index is 0.790. The van der Waals surface area contributed by atoms with E-state index in [1.54, 1.807) is 0 Å². The summed E-state index contributed by atoms with van der Waals surface area (Å²) in [6, 6.07) is 0. The second kappa shape index (κ2) is 17.7. The number of ether oxygens (including phenoxy) is 9. The molecule has 5 aliphatic rings. The fourth-order valence-electron chi connectivity index (χ4n) is 6.86. The monoisotopic (exact) mass is 780 g/mol. The van der Waals surface area contributed by atoms with Crippen LogP contribution in [0.15, 0.2) is 0 Å². The normalized spacial score (nSPS) is 55.5. The molecule has 5 heterocycles. The maximum Gasteiger partial charge on any atom is 0.187 e. The van der Waals surface area contributed by atoms with Gasteiger partial charge in [0.05, 0.1) is 31.5 Å². The quantitative estimate of drug-likeness (QED) is 0.0978. The predicted octanol–water partition coefficient (Wildman–Crippen LogP) is -8.84. The van der Waals surface area contributed by atoms with Crippen LogP contribution in [0.3, 0.4) is 0 Å². The van der Waals surface area contributed by atoms with E-state index < -0.39 is 167 Å². The van der Waals surface area contributed by atoms with Gasteiger partial charge in [0.25, 0.3) is 0 Å². The largest absolute Gasteiger partial charge is 0.394 e. The molecule has 0 aromatic rings. The van der Waals surface area contributed by atoms with Gasteiger partial charge in [-0.3, -0.25) is 0 Å². The maximum absolute atomic E-state index is 11.2. The molecule has 25 atom stereocenters. The molecule has 0 radical (unpaired) electrons. The average Bonchev–Trinajstić information content (AvgIpc) is 3.13. The lowest BCUT2D eigenvalue weighted by atomic mass is 9.96. The fraction of sp³-hybridized carbons (Fsp3) is 1.00. The number of aliphatic hydroxyl groups is 14. The van der Waals surface area contributed by atoms with Crippen LogP contribution < -0.4 is 0 Å². The van der Waals surface area contributed by atoms with Crippen molar-refractivity contribution in [1.82, 2.24) is 0 Å². The first kappa shape index (κ1) is 43.2. The highest BCUT2D eigenvalue weighted by Crippen LogP contribution is 2.35. The van der Waals surface area contributed by atoms with E-state index in [-0.39, 0.29) is 0 Å². The van der Waals surface area contributed by atoms with E-state index in [4.69, 9.17) is 42.6 Å². The highest BCUT2D eigenvalue weighted by molar-refractivity contribution is 4.98. The molecule has 0 amide bonds. The zero-order chi connectivity index (χ0) is 39.2. The first-order valence-corrected chi connectivity index (χ1v) is 17.2. The van der Waals surface area contributed by atoms with Gasteiger partial charge >= 0.3 is 0 Å². The lowest BCUT2D eigenvalue weighted by molar-refractivity contribution is -0.396. The van der Waals surface area contributed by atoms with E-state index in [1.165, 1.54) is 20.8 Å². The van der Waals surface area contributed by atoms with Gasteiger partial charge in [-0.2, -0.15) is 0 Å². The summed E-state index contributed by atoms with van der Waals surface area (Å²) < 4.78 is 50.4. The Hall–Kier alpha value is -0.920. The first-order chi connectivity index (χ1) is 24.9. The van der Waals surface area contributed by atoms with Crippen LogP contribution in [-0.2, 0) is 42.6 Å². The summed E-state index contributed by atoms with van der Waals surface area (Å²) in [6.07, 6.45) is -41.3. The third-order valence-corrected chi connectivity index (χ3v) is 10.2. The van der Waals surface area contributed by atoms with E-state index >= 15 is 0 Å². The number of hydrogen-bond donors (Lipinski definition) is 14. The molecule has 23 nitrogen and oxygen atoms in total. The van der Waals surface area contributed by atoms with Crippen molar-refractivity contribution in [3.63, 3.8) is 0 Å². The molecule has 14 N–H and O–H groups in total. The van der Waals surface area contributed by atoms with Crippen LogP contribution >= 0.6 is 0 Å². The van der Waals surface area contributed by atoms with Gasteiger partial charge in [-0.25, -0.2) is 0 Å². The Morgan fingerprint density at radius 2 is 0.755 bits per heavy atom. The Labute approximate surface area is 301 Å². The van der Waals surface area contributed by atoms with Crippen molar-refractivity contribution in [2.75, 3.05) is 13.2 Å². The fourth-order valence-corrected chi connectivity index (χ4v) is 6.86. The van der Waals surface area contributed by atoms with Crippen molar-refractivity contribution in [2.45, 2.75) is 174 Å². The van der Waals surface area contributed by atoms with Crippen LogP contribution in [0, 0.1) is 0 Å². The highest BCUT2D eigenvalue weighted by Gasteiger charge is 2.55. The Morgan fingerprint density at radius 3 is 1.34 bits per heavy atom. The molecule has 5 fully saturated rings. The summed E-state index contributed by atoms with van der Waals surface area (Å²) >= 11 is 0. The van der Waals surface area contributed by atoms with Gasteiger partial charge in [-0.1, -0.05) is 0 Å². The van der Waals surface area contributed by atoms with Crippen LogP contribution in [0.2, 0.25) is 0 Å². The van der Waals surface area contributed by atoms with Crippen LogP contribution in [0.4, 0.5) is 0 Å². The van der Waals surface area contributed by atoms with Gasteiger partial charge in [0.2, 0.25) is 0 Å². The number of hydrogen-bond acceptors (Lipinski definition) is 23. The third-order valence-electron chi connectivity index (χ3n) is 10.2. The molecule has 1 unspecified atom stereocenters. The lowest BCUT2D eigenvalue weighted by Crippen LogP contribution is -2.67. The third kappa shape index (κ3) is 8.68. The second-order valence-electron chi connectivity index (χ2n) is 13.9. The summed E-state index contributed by atoms with van der Waals surface area (Å²) in [5.41, 5.74) is 0. The molecule has 310 valence electrons. The van der Waals surface area contributed by atoms with Crippen molar-refractivity contribution in [3.05, 3.63) is 0 Å². The van der Waals surface area contributed by atoms with Crippen LogP contribution in [0.25, 0.3) is 0 Å². The van der Waals surface area contributed by atoms with Crippen LogP contribution in [0.5, 0.6) is 0 Å². The van der Waals surface area contributed by atoms with Crippen molar-refractivity contribution in [1.29, 1.82) is 0 Å². The van der Waals surface area contributed by atoms with E-state index in [9.17, 15) is 71.5 Å². The molecule has 53 heavy (non-hydrogen) atoms. The lowest BCUT2D eigenvalue weighted by Gasteiger charge is -2.49. The molecule has 5 rings (SSSR count). The molecule has 0 spiro atoms. The topological polar surface area (TPSA) is 366 Å². The van der Waals surface area contributed by atoms with Gasteiger partial charge in [-0.05, 0) is 20.8 Å². The molecule has 0 aliphatic carbocycles. The van der Waals surface area contributed by atoms with E-state index in [2.05, 4.69) is 0 Å². The summed E-state index contributed by atoms with van der Waals surface area (Å²) in [7, 11) is 0. The molecular formula is C30H52O23. The first-order valence-electron chi connectivity index (χ1n) is 17.2. The van der Waals surface area contributed by atoms with Gasteiger partial charge in [0.15, 0.2) is 31.5 Å². The van der Waals surface area contributed by atoms with E-state index in [0.29, 0.717) is 0 Å². The van der Waals surface area contributed by atoms with Crippen LogP contribution in [-0.4, -0.2) is 238 Å². The molecular weight excluding hydrogens is 728 g/mol. The molecule has 0 bridgehead atoms. The van der Waals surface area contributed by atoms with Crippen molar-refractivity contribution in [2.24, 2.45) is 0 Å². The molecule has 0 aromatic carbocycles. The minimum Gasteiger partial charge on any atom is -0.394 e. The Morgan fingerprint density at radius 1 is 0.340 bits per heavy atom. The predicted molar refractivity (Wildman–Crippen MR) is 162 cm³/mol. The Balaban J connectivity index is 1.27. The minimum atomic E-state index is -1.98. The zero-order valence-electron chi connectivity index (χ0n) is 28.8. The van der Waals surface area contributed by atoms with Gasteiger partial charge < -0.3 is 114 Å². The molecule has 5 saturated heterocycles. The second-order valence-corrected chi connectivity index (χ2v) is 13.9. The van der Waals surface area contributed by atoms with Gasteiger partial charge in [0, 0.05) is 0 Å². The van der Waals surface area contributed by atoms with E-state index in [0.717, 1.165) is 0 Å². The number of rotatable bonds is 10. The average molecular weight is 781 g/mol. The Kier molecular flexibility index (Phi) is 14.4. The Bertz CT molecular complexity index is 1160. The molecule has 5 aliphatic heterocycles. The van der Waals surface area contributed by atoms with E-state index in [1.807, 2.05) is 0 Å². The number of aliphatic hydroxyl groups excluding tert-OH is 14. The SMILES string of the molecule is C[C@@H]1O[C@@H](O[C@H]2C(O)O[C@H](CO)[C@@H](O[C@@H]3O[C@@H](C)[C@H](O[C@@H]4O[C@@H](C)[C@H](O)[C@@H](O)[C@H]4O[C@@H]4O[C@H](CO)[C@@H](O)[C@H](O)[C@H]4O)[C@@H](O)[C@H]3O)[C@@H]2O)[C@H](O)[C@H](O)[C@H]1O. The molecule has 23 heteroatoms. The standard InChI is InChI=1S/C30H52O23/c1-6-11(33)14(36)18(40)27(45-6)52-24-21(43)23(10(5-32)48-26(24)44)51-28-20(42)17(39)22(8(3)47-28)50-30-25(16(38)12(34)7(2)46-30)53-29-19(41)15(37)13(35)9(4-31)49-29/h6-44H,4-5H2,1-3H3/t6-,7-,8-,9+,10+,11-,12-,13+,14+,15-,16+,17-,18+,19+,20+,21-,22-,23+,24+,25+,26?,27-,28-,29-,30-/m0/s1. The van der Waals surface area contributed by atoms with Crippen LogP contribution in [0.1, 0.15) is 20.8 Å². The summed E-state index contributed by atoms with van der Waals surface area (Å²) in [6.45, 7) is 2.49. The van der Waals surface area contributed by atoms with Crippen molar-refractivity contribution in [3.8, 4) is 0 Å². The zero-order valence-corrected chi connectivity index (χ0v) is 28.8. The molecule has 0 saturated carbocycles. The highest BCUT2D eigenvalue weighted by atomic mass is 16.8. The van der Waals surface area contributed by atoms with Gasteiger partial charge in [-0.15, -0.1) is 0 Å².